The van der Waals surface area contributed by atoms with Gasteiger partial charge in [-0.05, 0) is 27.2 Å². The second-order valence-corrected chi connectivity index (χ2v) is 3.56. The number of hydrogen-bond donors (Lipinski definition) is 0. The highest BCUT2D eigenvalue weighted by Crippen LogP contribution is 2.24. The van der Waals surface area contributed by atoms with Crippen LogP contribution in [0.15, 0.2) is 0 Å². The zero-order chi connectivity index (χ0) is 11.2. The number of ether oxygens (including phenoxy) is 1. The van der Waals surface area contributed by atoms with E-state index in [1.165, 1.54) is 6.92 Å². The van der Waals surface area contributed by atoms with E-state index in [2.05, 4.69) is 0 Å². The number of nitriles is 2. The monoisotopic (exact) mass is 194 g/mol. The van der Waals surface area contributed by atoms with E-state index in [0.29, 0.717) is 0 Å². The average molecular weight is 194 g/mol. The van der Waals surface area contributed by atoms with E-state index in [-0.39, 0.29) is 18.9 Å². The van der Waals surface area contributed by atoms with Crippen molar-refractivity contribution in [1.29, 1.82) is 10.5 Å². The van der Waals surface area contributed by atoms with Crippen molar-refractivity contribution in [2.45, 2.75) is 39.7 Å². The predicted octanol–water partition coefficient (Wildman–Crippen LogP) is 1.77. The van der Waals surface area contributed by atoms with Gasteiger partial charge in [-0.15, -0.1) is 0 Å². The summed E-state index contributed by atoms with van der Waals surface area (Å²) >= 11 is 0. The van der Waals surface area contributed by atoms with Crippen LogP contribution < -0.4 is 0 Å². The summed E-state index contributed by atoms with van der Waals surface area (Å²) in [6.07, 6.45) is 0.153. The minimum absolute atomic E-state index is 0.178. The molecule has 0 aromatic rings. The minimum atomic E-state index is -1.19. The smallest absolute Gasteiger partial charge is 0.326 e. The van der Waals surface area contributed by atoms with Crippen molar-refractivity contribution < 1.29 is 9.53 Å². The molecule has 1 atom stereocenters. The van der Waals surface area contributed by atoms with Crippen molar-refractivity contribution in [2.24, 2.45) is 5.41 Å². The Labute approximate surface area is 84.1 Å². The van der Waals surface area contributed by atoms with Crippen LogP contribution in [0.1, 0.15) is 33.6 Å². The first-order chi connectivity index (χ1) is 6.46. The van der Waals surface area contributed by atoms with E-state index in [1.807, 2.05) is 12.1 Å². The number of esters is 1. The van der Waals surface area contributed by atoms with Crippen molar-refractivity contribution in [1.82, 2.24) is 0 Å². The molecule has 0 radical (unpaired) electrons. The number of nitrogens with zero attached hydrogens (tertiary/aromatic N) is 2. The summed E-state index contributed by atoms with van der Waals surface area (Å²) in [5, 5.41) is 17.2. The standard InChI is InChI=1S/C10H14N2O2/c1-8(2)14-9(13)10(3,7-12)5-4-6-11/h8H,4-5H2,1-3H3/t10-/m0/s1. The summed E-state index contributed by atoms with van der Waals surface area (Å²) in [6, 6.07) is 3.80. The van der Waals surface area contributed by atoms with Crippen LogP contribution in [0.4, 0.5) is 0 Å². The van der Waals surface area contributed by atoms with Crippen LogP contribution in [0.5, 0.6) is 0 Å². The van der Waals surface area contributed by atoms with Crippen LogP contribution in [0.3, 0.4) is 0 Å². The molecule has 0 spiro atoms. The fraction of sp³-hybridized carbons (Fsp3) is 0.700. The highest BCUT2D eigenvalue weighted by molar-refractivity contribution is 5.79. The molecule has 4 heteroatoms. The molecule has 76 valence electrons. The van der Waals surface area contributed by atoms with Gasteiger partial charge in [0.1, 0.15) is 0 Å². The third-order valence-corrected chi connectivity index (χ3v) is 1.78. The lowest BCUT2D eigenvalue weighted by Gasteiger charge is -2.19. The molecule has 0 aromatic heterocycles. The third kappa shape index (κ3) is 3.45. The Bertz CT molecular complexity index is 285. The predicted molar refractivity (Wildman–Crippen MR) is 49.8 cm³/mol. The van der Waals surface area contributed by atoms with E-state index in [0.717, 1.165) is 0 Å². The normalized spacial score (nSPS) is 13.9. The van der Waals surface area contributed by atoms with Gasteiger partial charge in [0, 0.05) is 6.42 Å². The Kier molecular flexibility index (Phi) is 4.66. The molecular weight excluding hydrogens is 180 g/mol. The lowest BCUT2D eigenvalue weighted by Crippen LogP contribution is -2.30. The molecule has 0 aliphatic heterocycles. The fourth-order valence-corrected chi connectivity index (χ4v) is 0.854. The zero-order valence-corrected chi connectivity index (χ0v) is 8.70. The molecule has 0 bridgehead atoms. The van der Waals surface area contributed by atoms with Gasteiger partial charge in [0.25, 0.3) is 0 Å². The van der Waals surface area contributed by atoms with Gasteiger partial charge in [-0.25, -0.2) is 0 Å². The second-order valence-electron chi connectivity index (χ2n) is 3.56. The SMILES string of the molecule is CC(C)OC(=O)[C@](C)(C#N)CCC#N. The number of carbonyl (C=O) groups excluding carboxylic acids is 1. The van der Waals surface area contributed by atoms with Crippen molar-refractivity contribution in [3.05, 3.63) is 0 Å². The van der Waals surface area contributed by atoms with E-state index < -0.39 is 11.4 Å². The number of carbonyl (C=O) groups is 1. The molecule has 4 nitrogen and oxygen atoms in total. The minimum Gasteiger partial charge on any atom is -0.462 e. The summed E-state index contributed by atoms with van der Waals surface area (Å²) in [5.41, 5.74) is -1.19. The first-order valence-corrected chi connectivity index (χ1v) is 4.45. The van der Waals surface area contributed by atoms with Gasteiger partial charge in [0.15, 0.2) is 5.41 Å². The first kappa shape index (κ1) is 12.4. The van der Waals surface area contributed by atoms with E-state index in [1.54, 1.807) is 13.8 Å². The Hall–Kier alpha value is -1.55. The second kappa shape index (κ2) is 5.24. The quantitative estimate of drug-likeness (QED) is 0.639. The molecule has 14 heavy (non-hydrogen) atoms. The van der Waals surface area contributed by atoms with Gasteiger partial charge >= 0.3 is 5.97 Å². The Morgan fingerprint density at radius 2 is 2.07 bits per heavy atom. The lowest BCUT2D eigenvalue weighted by molar-refractivity contribution is -0.155. The lowest BCUT2D eigenvalue weighted by atomic mass is 9.87. The highest BCUT2D eigenvalue weighted by atomic mass is 16.5. The van der Waals surface area contributed by atoms with Gasteiger partial charge in [0.2, 0.25) is 0 Å². The maximum atomic E-state index is 11.5. The van der Waals surface area contributed by atoms with Crippen LogP contribution in [0, 0.1) is 28.1 Å². The summed E-state index contributed by atoms with van der Waals surface area (Å²) in [5.74, 6) is -0.551. The Morgan fingerprint density at radius 1 is 1.50 bits per heavy atom. The van der Waals surface area contributed by atoms with Crippen molar-refractivity contribution >= 4 is 5.97 Å². The van der Waals surface area contributed by atoms with Gasteiger partial charge in [-0.3, -0.25) is 4.79 Å². The molecule has 0 aliphatic rings. The first-order valence-electron chi connectivity index (χ1n) is 4.45. The van der Waals surface area contributed by atoms with Crippen LogP contribution in [-0.4, -0.2) is 12.1 Å². The molecule has 0 N–H and O–H groups in total. The highest BCUT2D eigenvalue weighted by Gasteiger charge is 2.35. The maximum Gasteiger partial charge on any atom is 0.326 e. The van der Waals surface area contributed by atoms with Gasteiger partial charge in [0.05, 0.1) is 18.2 Å². The number of rotatable bonds is 4. The molecule has 0 aliphatic carbocycles. The third-order valence-electron chi connectivity index (χ3n) is 1.78. The topological polar surface area (TPSA) is 73.9 Å². The molecule has 0 aromatic carbocycles. The van der Waals surface area contributed by atoms with Crippen molar-refractivity contribution in [3.8, 4) is 12.1 Å². The molecule has 0 heterocycles. The maximum absolute atomic E-state index is 11.5. The van der Waals surface area contributed by atoms with Gasteiger partial charge in [-0.2, -0.15) is 10.5 Å². The van der Waals surface area contributed by atoms with E-state index >= 15 is 0 Å². The Morgan fingerprint density at radius 3 is 2.43 bits per heavy atom. The van der Waals surface area contributed by atoms with Gasteiger partial charge < -0.3 is 4.74 Å². The molecule has 0 saturated heterocycles. The largest absolute Gasteiger partial charge is 0.462 e. The van der Waals surface area contributed by atoms with Crippen LogP contribution in [0.25, 0.3) is 0 Å². The average Bonchev–Trinajstić information content (AvgIpc) is 2.13. The van der Waals surface area contributed by atoms with E-state index in [4.69, 9.17) is 15.3 Å². The molecule has 0 amide bonds. The van der Waals surface area contributed by atoms with Crippen molar-refractivity contribution in [3.63, 3.8) is 0 Å². The zero-order valence-electron chi connectivity index (χ0n) is 8.70. The van der Waals surface area contributed by atoms with E-state index in [9.17, 15) is 4.79 Å². The molecule has 0 saturated carbocycles. The molecule has 0 unspecified atom stereocenters. The summed E-state index contributed by atoms with van der Waals surface area (Å²) < 4.78 is 4.93. The molecule has 0 fully saturated rings. The summed E-state index contributed by atoms with van der Waals surface area (Å²) in [4.78, 5) is 11.5. The van der Waals surface area contributed by atoms with Crippen LogP contribution in [-0.2, 0) is 9.53 Å². The molecular formula is C10H14N2O2. The summed E-state index contributed by atoms with van der Waals surface area (Å²) in [7, 11) is 0. The number of hydrogen-bond acceptors (Lipinski definition) is 4. The Balaban J connectivity index is 4.47. The summed E-state index contributed by atoms with van der Waals surface area (Å²) in [6.45, 7) is 4.94. The fourth-order valence-electron chi connectivity index (χ4n) is 0.854. The van der Waals surface area contributed by atoms with Crippen molar-refractivity contribution in [2.75, 3.05) is 0 Å². The van der Waals surface area contributed by atoms with Crippen LogP contribution in [0.2, 0.25) is 0 Å². The van der Waals surface area contributed by atoms with Gasteiger partial charge in [-0.1, -0.05) is 0 Å². The van der Waals surface area contributed by atoms with Crippen LogP contribution >= 0.6 is 0 Å². The molecule has 0 rings (SSSR count).